The number of H-pyrrole nitrogens is 2. The fourth-order valence-corrected chi connectivity index (χ4v) is 1.04. The van der Waals surface area contributed by atoms with Crippen LogP contribution in [0.25, 0.3) is 0 Å². The Balaban J connectivity index is 3.00. The van der Waals surface area contributed by atoms with Crippen molar-refractivity contribution >= 4 is 0 Å². The van der Waals surface area contributed by atoms with E-state index in [-0.39, 0.29) is 0 Å². The summed E-state index contributed by atoms with van der Waals surface area (Å²) in [6.45, 7) is -0.792. The Morgan fingerprint density at radius 3 is 2.38 bits per heavy atom. The Bertz CT molecular complexity index is 454. The predicted molar refractivity (Wildman–Crippen MR) is 49.5 cm³/mol. The Kier molecular flexibility index (Phi) is 3.90. The lowest BCUT2D eigenvalue weighted by Gasteiger charge is -2.19. The molecule has 16 heavy (non-hydrogen) atoms. The minimum absolute atomic E-state index is 0.556. The third kappa shape index (κ3) is 2.52. The second kappa shape index (κ2) is 4.99. The summed E-state index contributed by atoms with van der Waals surface area (Å²) in [5.41, 5.74) is -2.40. The van der Waals surface area contributed by atoms with Crippen LogP contribution in [0.5, 0.6) is 0 Å². The molecule has 0 radical (unpaired) electrons. The maximum atomic E-state index is 11.1. The summed E-state index contributed by atoms with van der Waals surface area (Å²) < 4.78 is 0. The van der Waals surface area contributed by atoms with Gasteiger partial charge in [-0.2, -0.15) is 5.10 Å². The molecule has 1 rings (SSSR count). The molecule has 1 aromatic rings. The number of nitrogens with zero attached hydrogens (tertiary/aromatic N) is 1. The van der Waals surface area contributed by atoms with Crippen LogP contribution in [-0.2, 0) is 0 Å². The number of hydrogen-bond acceptors (Lipinski definition) is 7. The van der Waals surface area contributed by atoms with Gasteiger partial charge in [0.05, 0.1) is 6.61 Å². The van der Waals surface area contributed by atoms with Gasteiger partial charge in [0.15, 0.2) is 5.69 Å². The van der Waals surface area contributed by atoms with Crippen LogP contribution in [0.4, 0.5) is 0 Å². The van der Waals surface area contributed by atoms with Gasteiger partial charge in [-0.1, -0.05) is 0 Å². The van der Waals surface area contributed by atoms with Gasteiger partial charge in [0.1, 0.15) is 18.3 Å². The van der Waals surface area contributed by atoms with Crippen LogP contribution < -0.4 is 11.2 Å². The highest BCUT2D eigenvalue weighted by molar-refractivity contribution is 5.00. The fourth-order valence-electron chi connectivity index (χ4n) is 1.04. The molecule has 0 spiro atoms. The zero-order chi connectivity index (χ0) is 12.3. The van der Waals surface area contributed by atoms with Crippen LogP contribution in [0.1, 0.15) is 11.8 Å². The minimum Gasteiger partial charge on any atom is -0.394 e. The van der Waals surface area contributed by atoms with Crippen LogP contribution in [-0.4, -0.2) is 54.4 Å². The smallest absolute Gasteiger partial charge is 0.342 e. The molecule has 0 unspecified atom stereocenters. The van der Waals surface area contributed by atoms with Crippen LogP contribution in [0, 0.1) is 0 Å². The largest absolute Gasteiger partial charge is 0.394 e. The predicted octanol–water partition coefficient (Wildman–Crippen LogP) is -3.79. The fraction of sp³-hybridized carbons (Fsp3) is 0.571. The summed E-state index contributed by atoms with van der Waals surface area (Å²) in [6.07, 6.45) is -5.23. The number of hydrogen-bond donors (Lipinski definition) is 6. The molecule has 0 aliphatic rings. The summed E-state index contributed by atoms with van der Waals surface area (Å²) in [4.78, 5) is 23.5. The normalized spacial score (nSPS) is 16.8. The minimum atomic E-state index is -1.82. The third-order valence-corrected chi connectivity index (χ3v) is 1.92. The first-order valence-electron chi connectivity index (χ1n) is 4.31. The van der Waals surface area contributed by atoms with E-state index in [2.05, 4.69) is 5.10 Å². The quantitative estimate of drug-likeness (QED) is 0.311. The van der Waals surface area contributed by atoms with Gasteiger partial charge in [-0.15, -0.1) is 0 Å². The Morgan fingerprint density at radius 2 is 1.88 bits per heavy atom. The number of aliphatic hydroxyl groups is 4. The van der Waals surface area contributed by atoms with E-state index < -0.39 is 41.9 Å². The van der Waals surface area contributed by atoms with Crippen molar-refractivity contribution in [1.29, 1.82) is 0 Å². The Labute approximate surface area is 88.0 Å². The van der Waals surface area contributed by atoms with E-state index in [1.807, 2.05) is 5.10 Å². The molecule has 90 valence electrons. The highest BCUT2D eigenvalue weighted by Crippen LogP contribution is 2.12. The van der Waals surface area contributed by atoms with Gasteiger partial charge in [0.25, 0.3) is 5.56 Å². The van der Waals surface area contributed by atoms with E-state index in [0.29, 0.717) is 0 Å². The lowest BCUT2D eigenvalue weighted by atomic mass is 10.1. The van der Waals surface area contributed by atoms with Gasteiger partial charge in [0, 0.05) is 0 Å². The van der Waals surface area contributed by atoms with E-state index in [0.717, 1.165) is 0 Å². The lowest BCUT2D eigenvalue weighted by molar-refractivity contribution is -0.0796. The maximum Gasteiger partial charge on any atom is 0.342 e. The van der Waals surface area contributed by atoms with Crippen molar-refractivity contribution in [3.8, 4) is 0 Å². The molecule has 1 heterocycles. The summed E-state index contributed by atoms with van der Waals surface area (Å²) >= 11 is 0. The Morgan fingerprint density at radius 1 is 1.25 bits per heavy atom. The molecule has 9 heteroatoms. The van der Waals surface area contributed by atoms with Crippen LogP contribution in [0.3, 0.4) is 0 Å². The standard InChI is InChI=1S/C7H11N3O6/c11-1-2(12)4(13)5(14)3-6(15)8-7(16)10-9-3/h2,4-5,11-14H,1H2,(H2,8,10,15,16)/t2-,4-,5+/m0/s1. The second-order valence-electron chi connectivity index (χ2n) is 3.08. The van der Waals surface area contributed by atoms with Gasteiger partial charge >= 0.3 is 5.69 Å². The van der Waals surface area contributed by atoms with Crippen molar-refractivity contribution < 1.29 is 20.4 Å². The molecule has 0 fully saturated rings. The maximum absolute atomic E-state index is 11.1. The van der Waals surface area contributed by atoms with E-state index in [9.17, 15) is 19.8 Å². The van der Waals surface area contributed by atoms with E-state index in [1.165, 1.54) is 0 Å². The number of rotatable bonds is 4. The van der Waals surface area contributed by atoms with Crippen molar-refractivity contribution in [3.63, 3.8) is 0 Å². The average Bonchev–Trinajstić information content (AvgIpc) is 2.26. The van der Waals surface area contributed by atoms with Gasteiger partial charge in [-0.25, -0.2) is 9.89 Å². The van der Waals surface area contributed by atoms with Gasteiger partial charge in [0.2, 0.25) is 0 Å². The van der Waals surface area contributed by atoms with Crippen LogP contribution >= 0.6 is 0 Å². The molecule has 0 aromatic carbocycles. The molecule has 0 aliphatic carbocycles. The second-order valence-corrected chi connectivity index (χ2v) is 3.08. The molecule has 9 nitrogen and oxygen atoms in total. The monoisotopic (exact) mass is 233 g/mol. The molecule has 3 atom stereocenters. The molecule has 0 saturated heterocycles. The van der Waals surface area contributed by atoms with E-state index in [1.54, 1.807) is 4.98 Å². The highest BCUT2D eigenvalue weighted by atomic mass is 16.4. The first kappa shape index (κ1) is 12.5. The Hall–Kier alpha value is -1.55. The first-order chi connectivity index (χ1) is 7.47. The zero-order valence-electron chi connectivity index (χ0n) is 7.99. The molecular formula is C7H11N3O6. The summed E-state index contributed by atoms with van der Waals surface area (Å²) in [6, 6.07) is 0. The number of aromatic nitrogens is 3. The number of aromatic amines is 2. The molecular weight excluding hydrogens is 222 g/mol. The van der Waals surface area contributed by atoms with E-state index >= 15 is 0 Å². The SMILES string of the molecule is O=c1[nH]nc([C@@H](O)[C@@H](O)[C@@H](O)CO)c(=O)[nH]1. The zero-order valence-corrected chi connectivity index (χ0v) is 7.99. The molecule has 0 bridgehead atoms. The average molecular weight is 233 g/mol. The highest BCUT2D eigenvalue weighted by Gasteiger charge is 2.28. The topological polar surface area (TPSA) is 160 Å². The number of nitrogens with one attached hydrogen (secondary N) is 2. The van der Waals surface area contributed by atoms with Crippen molar-refractivity contribution in [2.75, 3.05) is 6.61 Å². The van der Waals surface area contributed by atoms with Crippen molar-refractivity contribution in [2.45, 2.75) is 18.3 Å². The molecule has 0 saturated carbocycles. The summed E-state index contributed by atoms with van der Waals surface area (Å²) in [5.74, 6) is 0. The van der Waals surface area contributed by atoms with Gasteiger partial charge in [-0.3, -0.25) is 9.78 Å². The summed E-state index contributed by atoms with van der Waals surface area (Å²) in [5, 5.41) is 41.4. The third-order valence-electron chi connectivity index (χ3n) is 1.92. The van der Waals surface area contributed by atoms with Crippen LogP contribution in [0.2, 0.25) is 0 Å². The molecule has 0 amide bonds. The van der Waals surface area contributed by atoms with Crippen molar-refractivity contribution in [3.05, 3.63) is 26.5 Å². The molecule has 1 aromatic heterocycles. The first-order valence-corrected chi connectivity index (χ1v) is 4.31. The van der Waals surface area contributed by atoms with Crippen LogP contribution in [0.15, 0.2) is 9.59 Å². The lowest BCUT2D eigenvalue weighted by Crippen LogP contribution is -2.39. The van der Waals surface area contributed by atoms with E-state index in [4.69, 9.17) is 10.2 Å². The van der Waals surface area contributed by atoms with Gasteiger partial charge < -0.3 is 20.4 Å². The van der Waals surface area contributed by atoms with Crippen molar-refractivity contribution in [2.24, 2.45) is 0 Å². The number of aliphatic hydroxyl groups excluding tert-OH is 4. The van der Waals surface area contributed by atoms with Crippen molar-refractivity contribution in [1.82, 2.24) is 15.2 Å². The summed E-state index contributed by atoms with van der Waals surface area (Å²) in [7, 11) is 0. The molecule has 0 aliphatic heterocycles. The molecule has 6 N–H and O–H groups in total. The van der Waals surface area contributed by atoms with Gasteiger partial charge in [-0.05, 0) is 0 Å².